The van der Waals surface area contributed by atoms with E-state index in [0.29, 0.717) is 17.1 Å². The highest BCUT2D eigenvalue weighted by Crippen LogP contribution is 2.30. The molecule has 2 aromatic rings. The minimum atomic E-state index is -0.908. The van der Waals surface area contributed by atoms with E-state index < -0.39 is 30.5 Å². The first-order valence-corrected chi connectivity index (χ1v) is 8.24. The van der Waals surface area contributed by atoms with E-state index in [2.05, 4.69) is 10.9 Å². The second-order valence-corrected chi connectivity index (χ2v) is 5.79. The van der Waals surface area contributed by atoms with Gasteiger partial charge >= 0.3 is 5.97 Å². The van der Waals surface area contributed by atoms with Gasteiger partial charge in [-0.3, -0.25) is 20.4 Å². The van der Waals surface area contributed by atoms with Gasteiger partial charge in [0, 0.05) is 0 Å². The molecule has 2 aromatic carbocycles. The molecule has 1 aliphatic heterocycles. The Kier molecular flexibility index (Phi) is 5.55. The molecule has 2 N–H and O–H groups in total. The Morgan fingerprint density at radius 3 is 2.52 bits per heavy atom. The molecule has 1 atom stereocenters. The summed E-state index contributed by atoms with van der Waals surface area (Å²) in [5, 5.41) is 0. The first kappa shape index (κ1) is 18.2. The number of carbonyl (C=O) groups is 3. The van der Waals surface area contributed by atoms with Crippen molar-refractivity contribution in [2.75, 3.05) is 13.2 Å². The van der Waals surface area contributed by atoms with Gasteiger partial charge in [-0.05, 0) is 30.7 Å². The van der Waals surface area contributed by atoms with Gasteiger partial charge < -0.3 is 14.2 Å². The molecule has 8 heteroatoms. The first-order chi connectivity index (χ1) is 13.0. The van der Waals surface area contributed by atoms with Crippen LogP contribution in [0.25, 0.3) is 0 Å². The van der Waals surface area contributed by atoms with Crippen LogP contribution in [0.1, 0.15) is 15.9 Å². The first-order valence-electron chi connectivity index (χ1n) is 8.24. The maximum atomic E-state index is 12.1. The second kappa shape index (κ2) is 8.22. The van der Waals surface area contributed by atoms with Gasteiger partial charge in [-0.25, -0.2) is 4.79 Å². The fourth-order valence-corrected chi connectivity index (χ4v) is 2.41. The molecule has 0 spiro atoms. The third-order valence-electron chi connectivity index (χ3n) is 3.83. The van der Waals surface area contributed by atoms with Crippen LogP contribution in [-0.2, 0) is 14.3 Å². The van der Waals surface area contributed by atoms with Crippen molar-refractivity contribution in [3.8, 4) is 11.5 Å². The molecule has 1 aliphatic rings. The molecular formula is C19H18N2O6. The number of hydrogen-bond acceptors (Lipinski definition) is 6. The lowest BCUT2D eigenvalue weighted by Gasteiger charge is -2.25. The number of benzene rings is 2. The summed E-state index contributed by atoms with van der Waals surface area (Å²) in [4.78, 5) is 35.8. The third kappa shape index (κ3) is 4.55. The van der Waals surface area contributed by atoms with E-state index in [9.17, 15) is 14.4 Å². The number of para-hydroxylation sites is 2. The highest BCUT2D eigenvalue weighted by atomic mass is 16.6. The van der Waals surface area contributed by atoms with Gasteiger partial charge in [0.05, 0.1) is 5.56 Å². The van der Waals surface area contributed by atoms with Crippen molar-refractivity contribution in [3.63, 3.8) is 0 Å². The molecule has 0 fully saturated rings. The fraction of sp³-hybridized carbons (Fsp3) is 0.211. The Bertz CT molecular complexity index is 867. The minimum absolute atomic E-state index is 0.0149. The molecule has 3 rings (SSSR count). The zero-order valence-electron chi connectivity index (χ0n) is 14.6. The summed E-state index contributed by atoms with van der Waals surface area (Å²) in [7, 11) is 0. The van der Waals surface area contributed by atoms with Crippen molar-refractivity contribution in [2.24, 2.45) is 0 Å². The molecule has 8 nitrogen and oxygen atoms in total. The Balaban J connectivity index is 1.43. The third-order valence-corrected chi connectivity index (χ3v) is 3.83. The van der Waals surface area contributed by atoms with Gasteiger partial charge in [-0.2, -0.15) is 0 Å². The molecule has 0 saturated carbocycles. The smallest absolute Gasteiger partial charge is 0.338 e. The minimum Gasteiger partial charge on any atom is -0.485 e. The van der Waals surface area contributed by atoms with Crippen LogP contribution in [0.4, 0.5) is 0 Å². The van der Waals surface area contributed by atoms with Crippen LogP contribution in [0.5, 0.6) is 11.5 Å². The van der Waals surface area contributed by atoms with Gasteiger partial charge in [0.25, 0.3) is 11.8 Å². The number of ether oxygens (including phenoxy) is 3. The maximum Gasteiger partial charge on any atom is 0.338 e. The second-order valence-electron chi connectivity index (χ2n) is 5.79. The van der Waals surface area contributed by atoms with E-state index in [1.54, 1.807) is 55.5 Å². The van der Waals surface area contributed by atoms with Gasteiger partial charge in [0.2, 0.25) is 6.10 Å². The van der Waals surface area contributed by atoms with Crippen molar-refractivity contribution in [3.05, 3.63) is 59.7 Å². The van der Waals surface area contributed by atoms with E-state index in [0.717, 1.165) is 5.56 Å². The predicted octanol–water partition coefficient (Wildman–Crippen LogP) is 1.14. The molecule has 1 heterocycles. The molecule has 140 valence electrons. The molecule has 1 unspecified atom stereocenters. The molecule has 0 aliphatic carbocycles. The number of hydrogen-bond donors (Lipinski definition) is 2. The van der Waals surface area contributed by atoms with Crippen molar-refractivity contribution in [1.82, 2.24) is 10.9 Å². The quantitative estimate of drug-likeness (QED) is 0.618. The van der Waals surface area contributed by atoms with Gasteiger partial charge in [0.15, 0.2) is 18.1 Å². The standard InChI is InChI=1S/C19H18N2O6/c1-12-6-2-3-7-13(12)19(24)26-11-17(22)20-21-18(23)16-10-25-14-8-4-5-9-15(14)27-16/h2-9,16H,10-11H2,1H3,(H,20,22)(H,21,23). The van der Waals surface area contributed by atoms with E-state index in [4.69, 9.17) is 14.2 Å². The van der Waals surface area contributed by atoms with Crippen LogP contribution < -0.4 is 20.3 Å². The van der Waals surface area contributed by atoms with Crippen LogP contribution in [0.15, 0.2) is 48.5 Å². The van der Waals surface area contributed by atoms with Crippen molar-refractivity contribution in [1.29, 1.82) is 0 Å². The lowest BCUT2D eigenvalue weighted by molar-refractivity contribution is -0.135. The number of hydrazine groups is 1. The zero-order chi connectivity index (χ0) is 19.2. The zero-order valence-corrected chi connectivity index (χ0v) is 14.6. The van der Waals surface area contributed by atoms with Crippen LogP contribution in [0.2, 0.25) is 0 Å². The van der Waals surface area contributed by atoms with Gasteiger partial charge in [-0.15, -0.1) is 0 Å². The summed E-state index contributed by atoms with van der Waals surface area (Å²) in [6.45, 7) is 1.25. The summed E-state index contributed by atoms with van der Waals surface area (Å²) in [6, 6.07) is 13.8. The molecule has 27 heavy (non-hydrogen) atoms. The van der Waals surface area contributed by atoms with Crippen LogP contribution >= 0.6 is 0 Å². The summed E-state index contributed by atoms with van der Waals surface area (Å²) >= 11 is 0. The number of carbonyl (C=O) groups excluding carboxylic acids is 3. The number of esters is 1. The number of rotatable bonds is 4. The molecule has 2 amide bonds. The molecule has 0 saturated heterocycles. The average Bonchev–Trinajstić information content (AvgIpc) is 2.70. The Hall–Kier alpha value is -3.55. The van der Waals surface area contributed by atoms with E-state index in [-0.39, 0.29) is 6.61 Å². The molecule has 0 bridgehead atoms. The van der Waals surface area contributed by atoms with E-state index in [1.807, 2.05) is 0 Å². The topological polar surface area (TPSA) is 103 Å². The number of amides is 2. The number of nitrogens with one attached hydrogen (secondary N) is 2. The molecular weight excluding hydrogens is 352 g/mol. The fourth-order valence-electron chi connectivity index (χ4n) is 2.41. The van der Waals surface area contributed by atoms with Crippen molar-refractivity contribution >= 4 is 17.8 Å². The van der Waals surface area contributed by atoms with Crippen molar-refractivity contribution < 1.29 is 28.6 Å². The number of fused-ring (bicyclic) bond motifs is 1. The van der Waals surface area contributed by atoms with Crippen LogP contribution in [0.3, 0.4) is 0 Å². The average molecular weight is 370 g/mol. The summed E-state index contributed by atoms with van der Waals surface area (Å²) in [6.07, 6.45) is -0.908. The highest BCUT2D eigenvalue weighted by Gasteiger charge is 2.27. The van der Waals surface area contributed by atoms with E-state index in [1.165, 1.54) is 0 Å². The monoisotopic (exact) mass is 370 g/mol. The van der Waals surface area contributed by atoms with Gasteiger partial charge in [-0.1, -0.05) is 30.3 Å². The normalized spacial score (nSPS) is 14.8. The van der Waals surface area contributed by atoms with Crippen molar-refractivity contribution in [2.45, 2.75) is 13.0 Å². The SMILES string of the molecule is Cc1ccccc1C(=O)OCC(=O)NNC(=O)C1COc2ccccc2O1. The number of aryl methyl sites for hydroxylation is 1. The maximum absolute atomic E-state index is 12.1. The Morgan fingerprint density at radius 2 is 1.74 bits per heavy atom. The van der Waals surface area contributed by atoms with Gasteiger partial charge in [0.1, 0.15) is 6.61 Å². The van der Waals surface area contributed by atoms with E-state index >= 15 is 0 Å². The lowest BCUT2D eigenvalue weighted by Crippen LogP contribution is -2.51. The largest absolute Gasteiger partial charge is 0.485 e. The van der Waals surface area contributed by atoms with Crippen LogP contribution in [-0.4, -0.2) is 37.1 Å². The summed E-state index contributed by atoms with van der Waals surface area (Å²) < 4.78 is 15.9. The molecule has 0 aromatic heterocycles. The highest BCUT2D eigenvalue weighted by molar-refractivity contribution is 5.93. The Labute approximate surface area is 155 Å². The summed E-state index contributed by atoms with van der Waals surface area (Å²) in [5.41, 5.74) is 5.51. The Morgan fingerprint density at radius 1 is 1.04 bits per heavy atom. The molecule has 0 radical (unpaired) electrons. The predicted molar refractivity (Wildman–Crippen MR) is 94.1 cm³/mol. The lowest BCUT2D eigenvalue weighted by atomic mass is 10.1. The van der Waals surface area contributed by atoms with Crippen LogP contribution in [0, 0.1) is 6.92 Å². The summed E-state index contributed by atoms with van der Waals surface area (Å²) in [5.74, 6) is -0.878.